The van der Waals surface area contributed by atoms with Gasteiger partial charge in [0.25, 0.3) is 5.91 Å². The van der Waals surface area contributed by atoms with Crippen LogP contribution in [0.4, 0.5) is 5.69 Å². The molecule has 4 N–H and O–H groups in total. The van der Waals surface area contributed by atoms with Crippen LogP contribution in [0.1, 0.15) is 41.6 Å². The molecule has 4 rings (SSSR count). The third kappa shape index (κ3) is 4.43. The quantitative estimate of drug-likeness (QED) is 0.355. The van der Waals surface area contributed by atoms with Gasteiger partial charge in [-0.15, -0.1) is 0 Å². The summed E-state index contributed by atoms with van der Waals surface area (Å²) in [6.45, 7) is 0. The van der Waals surface area contributed by atoms with Crippen LogP contribution in [-0.4, -0.2) is 17.8 Å². The van der Waals surface area contributed by atoms with Crippen molar-refractivity contribution in [2.75, 3.05) is 5.32 Å². The summed E-state index contributed by atoms with van der Waals surface area (Å²) in [5, 5.41) is 12.3. The number of nitrogens with two attached hydrogens (primary N) is 1. The van der Waals surface area contributed by atoms with Crippen molar-refractivity contribution >= 4 is 44.1 Å². The van der Waals surface area contributed by atoms with Gasteiger partial charge in [-0.1, -0.05) is 34.1 Å². The van der Waals surface area contributed by atoms with E-state index in [1.54, 1.807) is 12.1 Å². The van der Waals surface area contributed by atoms with Crippen LogP contribution in [0, 0.1) is 5.41 Å². The average molecular weight is 452 g/mol. The number of ether oxygens (including phenoxy) is 1. The number of hydrogen-bond donors (Lipinski definition) is 3. The Hall–Kier alpha value is -2.86. The minimum absolute atomic E-state index is 0.0142. The number of halogens is 1. The van der Waals surface area contributed by atoms with Crippen LogP contribution >= 0.6 is 15.9 Å². The van der Waals surface area contributed by atoms with Crippen LogP contribution in [-0.2, 0) is 0 Å². The molecule has 1 fully saturated rings. The number of carbonyl (C=O) groups is 1. The summed E-state index contributed by atoms with van der Waals surface area (Å²) >= 11 is 3.53. The molecule has 0 bridgehead atoms. The SMILES string of the molecule is N=C(N)c1ccc2cc(C(=O)Nc3cccc(OC4CCCC4)c3)cc(Br)c2c1. The lowest BCUT2D eigenvalue weighted by Gasteiger charge is -2.14. The fourth-order valence-corrected chi connectivity index (χ4v) is 4.25. The molecular weight excluding hydrogens is 430 g/mol. The number of benzene rings is 3. The molecule has 1 aliphatic rings. The van der Waals surface area contributed by atoms with E-state index in [0.717, 1.165) is 33.8 Å². The number of carbonyl (C=O) groups excluding carboxylic acids is 1. The van der Waals surface area contributed by atoms with Crippen molar-refractivity contribution in [2.24, 2.45) is 5.73 Å². The van der Waals surface area contributed by atoms with E-state index in [9.17, 15) is 4.79 Å². The first kappa shape index (κ1) is 19.5. The van der Waals surface area contributed by atoms with Crippen LogP contribution in [0.25, 0.3) is 10.8 Å². The number of rotatable bonds is 5. The minimum atomic E-state index is -0.193. The van der Waals surface area contributed by atoms with Gasteiger partial charge in [0.15, 0.2) is 0 Å². The Morgan fingerprint density at radius 3 is 2.62 bits per heavy atom. The molecule has 3 aromatic rings. The maximum absolute atomic E-state index is 12.8. The summed E-state index contributed by atoms with van der Waals surface area (Å²) in [5.74, 6) is 0.604. The fourth-order valence-electron chi connectivity index (χ4n) is 3.66. The number of nitrogen functional groups attached to an aromatic ring is 1. The van der Waals surface area contributed by atoms with Gasteiger partial charge < -0.3 is 15.8 Å². The van der Waals surface area contributed by atoms with Gasteiger partial charge in [0, 0.05) is 27.4 Å². The second-order valence-corrected chi connectivity index (χ2v) is 8.17. The lowest BCUT2D eigenvalue weighted by molar-refractivity contribution is 0.102. The normalized spacial score (nSPS) is 14.1. The molecule has 1 aliphatic carbocycles. The monoisotopic (exact) mass is 451 g/mol. The standard InChI is InChI=1S/C23H22BrN3O2/c24-21-12-16(10-14-8-9-15(22(25)26)11-20(14)21)23(28)27-17-4-3-7-19(13-17)29-18-5-1-2-6-18/h3-4,7-13,18H,1-2,5-6H2,(H3,25,26)(H,27,28). The highest BCUT2D eigenvalue weighted by Gasteiger charge is 2.17. The van der Waals surface area contributed by atoms with Gasteiger partial charge in [0.1, 0.15) is 11.6 Å². The summed E-state index contributed by atoms with van der Waals surface area (Å²) in [4.78, 5) is 12.8. The molecule has 1 amide bonds. The van der Waals surface area contributed by atoms with E-state index in [0.29, 0.717) is 16.8 Å². The van der Waals surface area contributed by atoms with Gasteiger partial charge in [-0.05, 0) is 66.8 Å². The molecule has 148 valence electrons. The van der Waals surface area contributed by atoms with Gasteiger partial charge in [-0.25, -0.2) is 0 Å². The van der Waals surface area contributed by atoms with Crippen LogP contribution in [0.3, 0.4) is 0 Å². The Balaban J connectivity index is 1.54. The second kappa shape index (κ2) is 8.25. The highest BCUT2D eigenvalue weighted by atomic mass is 79.9. The molecule has 29 heavy (non-hydrogen) atoms. The molecule has 5 nitrogen and oxygen atoms in total. The van der Waals surface area contributed by atoms with E-state index < -0.39 is 0 Å². The number of hydrogen-bond acceptors (Lipinski definition) is 3. The Morgan fingerprint density at radius 2 is 1.86 bits per heavy atom. The Bertz CT molecular complexity index is 1090. The number of nitrogens with one attached hydrogen (secondary N) is 2. The van der Waals surface area contributed by atoms with Gasteiger partial charge >= 0.3 is 0 Å². The lowest BCUT2D eigenvalue weighted by atomic mass is 10.0. The van der Waals surface area contributed by atoms with Gasteiger partial charge in [-0.3, -0.25) is 10.2 Å². The Kier molecular flexibility index (Phi) is 5.53. The zero-order chi connectivity index (χ0) is 20.4. The largest absolute Gasteiger partial charge is 0.490 e. The van der Waals surface area contributed by atoms with Gasteiger partial charge in [0.05, 0.1) is 6.10 Å². The maximum atomic E-state index is 12.8. The first-order valence-electron chi connectivity index (χ1n) is 9.65. The highest BCUT2D eigenvalue weighted by Crippen LogP contribution is 2.29. The van der Waals surface area contributed by atoms with Gasteiger partial charge in [0.2, 0.25) is 0 Å². The number of anilines is 1. The molecule has 0 aliphatic heterocycles. The van der Waals surface area contributed by atoms with Crippen molar-refractivity contribution in [1.29, 1.82) is 5.41 Å². The topological polar surface area (TPSA) is 88.2 Å². The van der Waals surface area contributed by atoms with Crippen LogP contribution in [0.5, 0.6) is 5.75 Å². The molecule has 0 radical (unpaired) electrons. The molecule has 0 unspecified atom stereocenters. The lowest BCUT2D eigenvalue weighted by Crippen LogP contribution is -2.13. The van der Waals surface area contributed by atoms with Crippen LogP contribution in [0.2, 0.25) is 0 Å². The van der Waals surface area contributed by atoms with E-state index >= 15 is 0 Å². The summed E-state index contributed by atoms with van der Waals surface area (Å²) in [7, 11) is 0. The predicted molar refractivity (Wildman–Crippen MR) is 120 cm³/mol. The maximum Gasteiger partial charge on any atom is 0.255 e. The van der Waals surface area contributed by atoms with E-state index in [4.69, 9.17) is 15.9 Å². The van der Waals surface area contributed by atoms with E-state index in [1.807, 2.05) is 42.5 Å². The summed E-state index contributed by atoms with van der Waals surface area (Å²) in [5.41, 5.74) is 7.47. The molecule has 6 heteroatoms. The fraction of sp³-hybridized carbons (Fsp3) is 0.217. The molecule has 0 atom stereocenters. The average Bonchev–Trinajstić information content (AvgIpc) is 3.21. The molecule has 0 spiro atoms. The summed E-state index contributed by atoms with van der Waals surface area (Å²) in [6, 6.07) is 16.6. The highest BCUT2D eigenvalue weighted by molar-refractivity contribution is 9.10. The first-order valence-corrected chi connectivity index (χ1v) is 10.4. The molecule has 0 heterocycles. The third-order valence-corrected chi connectivity index (χ3v) is 5.83. The van der Waals surface area contributed by atoms with E-state index in [-0.39, 0.29) is 17.8 Å². The smallest absolute Gasteiger partial charge is 0.255 e. The summed E-state index contributed by atoms with van der Waals surface area (Å²) in [6.07, 6.45) is 4.88. The van der Waals surface area contributed by atoms with Gasteiger partial charge in [-0.2, -0.15) is 0 Å². The third-order valence-electron chi connectivity index (χ3n) is 5.17. The molecule has 0 saturated heterocycles. The Labute approximate surface area is 177 Å². The number of amides is 1. The molecule has 1 saturated carbocycles. The van der Waals surface area contributed by atoms with E-state index in [1.165, 1.54) is 12.8 Å². The van der Waals surface area contributed by atoms with Crippen molar-refractivity contribution < 1.29 is 9.53 Å². The zero-order valence-corrected chi connectivity index (χ0v) is 17.5. The van der Waals surface area contributed by atoms with Crippen LogP contribution in [0.15, 0.2) is 59.1 Å². The van der Waals surface area contributed by atoms with Crippen molar-refractivity contribution in [3.8, 4) is 5.75 Å². The predicted octanol–water partition coefficient (Wildman–Crippen LogP) is 5.46. The zero-order valence-electron chi connectivity index (χ0n) is 15.9. The second-order valence-electron chi connectivity index (χ2n) is 7.31. The minimum Gasteiger partial charge on any atom is -0.490 e. The molecular formula is C23H22BrN3O2. The number of fused-ring (bicyclic) bond motifs is 1. The van der Waals surface area contributed by atoms with E-state index in [2.05, 4.69) is 21.2 Å². The number of amidine groups is 1. The molecule has 0 aromatic heterocycles. The first-order chi connectivity index (χ1) is 14.0. The van der Waals surface area contributed by atoms with Crippen molar-refractivity contribution in [2.45, 2.75) is 31.8 Å². The van der Waals surface area contributed by atoms with Crippen molar-refractivity contribution in [3.63, 3.8) is 0 Å². The Morgan fingerprint density at radius 1 is 1.07 bits per heavy atom. The summed E-state index contributed by atoms with van der Waals surface area (Å²) < 4.78 is 6.80. The van der Waals surface area contributed by atoms with Crippen molar-refractivity contribution in [1.82, 2.24) is 0 Å². The van der Waals surface area contributed by atoms with Crippen LogP contribution < -0.4 is 15.8 Å². The molecule has 3 aromatic carbocycles. The van der Waals surface area contributed by atoms with Crippen molar-refractivity contribution in [3.05, 3.63) is 70.2 Å².